The van der Waals surface area contributed by atoms with Gasteiger partial charge < -0.3 is 19.5 Å². The summed E-state index contributed by atoms with van der Waals surface area (Å²) in [4.78, 5) is 24.0. The Bertz CT molecular complexity index is 1540. The van der Waals surface area contributed by atoms with Crippen LogP contribution in [-0.2, 0) is 14.8 Å². The van der Waals surface area contributed by atoms with Crippen LogP contribution in [0.1, 0.15) is 37.4 Å². The second-order valence-electron chi connectivity index (χ2n) is 10.0. The Kier molecular flexibility index (Phi) is 7.92. The molecule has 0 saturated heterocycles. The van der Waals surface area contributed by atoms with E-state index in [2.05, 4.69) is 5.32 Å². The number of ether oxygens (including phenoxy) is 3. The summed E-state index contributed by atoms with van der Waals surface area (Å²) in [6.07, 6.45) is 0.442. The van der Waals surface area contributed by atoms with E-state index in [4.69, 9.17) is 14.2 Å². The first-order valence-corrected chi connectivity index (χ1v) is 13.9. The molecule has 0 saturated carbocycles. The van der Waals surface area contributed by atoms with Crippen molar-refractivity contribution in [3.05, 3.63) is 81.9 Å². The Morgan fingerprint density at radius 2 is 1.73 bits per heavy atom. The molecule has 3 aromatic rings. The first kappa shape index (κ1) is 28.7. The van der Waals surface area contributed by atoms with Gasteiger partial charge in [0.2, 0.25) is 5.91 Å². The molecule has 1 atom stereocenters. The van der Waals surface area contributed by atoms with Gasteiger partial charge in [-0.1, -0.05) is 6.07 Å². The summed E-state index contributed by atoms with van der Waals surface area (Å²) in [5.74, 6) is 1.09. The minimum Gasteiger partial charge on any atom is -0.497 e. The molecular weight excluding hydrogens is 538 g/mol. The number of amides is 1. The summed E-state index contributed by atoms with van der Waals surface area (Å²) in [6.45, 7) is 4.74. The molecule has 0 spiro atoms. The summed E-state index contributed by atoms with van der Waals surface area (Å²) >= 11 is 0. The molecule has 1 aliphatic heterocycles. The molecule has 12 heteroatoms. The van der Waals surface area contributed by atoms with Crippen LogP contribution in [0.2, 0.25) is 0 Å². The number of methoxy groups -OCH3 is 2. The van der Waals surface area contributed by atoms with Crippen molar-refractivity contribution in [3.8, 4) is 17.2 Å². The smallest absolute Gasteiger partial charge is 0.273 e. The van der Waals surface area contributed by atoms with E-state index in [1.807, 2.05) is 13.8 Å². The fourth-order valence-corrected chi connectivity index (χ4v) is 6.04. The van der Waals surface area contributed by atoms with E-state index in [0.29, 0.717) is 29.2 Å². The number of sulfonamides is 1. The standard InChI is InChI=1S/C28H31N3O8S/c1-18-6-12-22(15-25(18)31(33)34)40(35,36)30(19-7-9-20(37-4)10-8-19)17-27(32)29-24-16-28(2,3)39-26-14-21(38-5)11-13-23(24)26/h6-15,24H,16-17H2,1-5H3,(H,29,32). The van der Waals surface area contributed by atoms with Gasteiger partial charge in [-0.3, -0.25) is 19.2 Å². The Morgan fingerprint density at radius 1 is 1.07 bits per heavy atom. The normalized spacial score (nSPS) is 15.8. The quantitative estimate of drug-likeness (QED) is 0.293. The Morgan fingerprint density at radius 3 is 2.35 bits per heavy atom. The highest BCUT2D eigenvalue weighted by Crippen LogP contribution is 2.41. The van der Waals surface area contributed by atoms with Gasteiger partial charge in [-0.15, -0.1) is 0 Å². The highest BCUT2D eigenvalue weighted by Gasteiger charge is 2.36. The maximum Gasteiger partial charge on any atom is 0.273 e. The van der Waals surface area contributed by atoms with Crippen LogP contribution in [0.25, 0.3) is 0 Å². The number of carbonyl (C=O) groups is 1. The van der Waals surface area contributed by atoms with Gasteiger partial charge in [-0.05, 0) is 63.2 Å². The molecule has 0 fully saturated rings. The molecule has 1 heterocycles. The third-order valence-electron chi connectivity index (χ3n) is 6.63. The first-order valence-electron chi connectivity index (χ1n) is 12.4. The van der Waals surface area contributed by atoms with Gasteiger partial charge in [-0.2, -0.15) is 0 Å². The van der Waals surface area contributed by atoms with Crippen LogP contribution in [0.4, 0.5) is 11.4 Å². The Labute approximate surface area is 232 Å². The third kappa shape index (κ3) is 5.96. The third-order valence-corrected chi connectivity index (χ3v) is 8.40. The molecule has 0 bridgehead atoms. The van der Waals surface area contributed by atoms with Crippen LogP contribution in [0, 0.1) is 17.0 Å². The SMILES string of the molecule is COc1ccc(N(CC(=O)NC2CC(C)(C)Oc3cc(OC)ccc32)S(=O)(=O)c2ccc(C)c([N+](=O)[O-])c2)cc1. The number of benzene rings is 3. The molecule has 40 heavy (non-hydrogen) atoms. The van der Waals surface area contributed by atoms with Gasteiger partial charge >= 0.3 is 0 Å². The molecule has 4 rings (SSSR count). The van der Waals surface area contributed by atoms with E-state index in [-0.39, 0.29) is 16.3 Å². The van der Waals surface area contributed by atoms with Gasteiger partial charge in [0.15, 0.2) is 0 Å². The van der Waals surface area contributed by atoms with Crippen molar-refractivity contribution >= 4 is 27.3 Å². The number of hydrogen-bond donors (Lipinski definition) is 1. The number of nitrogens with one attached hydrogen (secondary N) is 1. The van der Waals surface area contributed by atoms with Crippen molar-refractivity contribution in [3.63, 3.8) is 0 Å². The molecule has 0 aromatic heterocycles. The first-order chi connectivity index (χ1) is 18.8. The fraction of sp³-hybridized carbons (Fsp3) is 0.321. The largest absolute Gasteiger partial charge is 0.497 e. The zero-order valence-corrected chi connectivity index (χ0v) is 23.7. The molecule has 1 aliphatic rings. The summed E-state index contributed by atoms with van der Waals surface area (Å²) in [7, 11) is -1.36. The molecule has 212 valence electrons. The van der Waals surface area contributed by atoms with E-state index in [0.717, 1.165) is 15.9 Å². The van der Waals surface area contributed by atoms with Crippen LogP contribution in [0.5, 0.6) is 17.2 Å². The predicted molar refractivity (Wildman–Crippen MR) is 149 cm³/mol. The maximum atomic E-state index is 13.8. The number of aryl methyl sites for hydroxylation is 1. The van der Waals surface area contributed by atoms with Crippen LogP contribution in [0.3, 0.4) is 0 Å². The number of hydrogen-bond acceptors (Lipinski definition) is 8. The predicted octanol–water partition coefficient (Wildman–Crippen LogP) is 4.53. The van der Waals surface area contributed by atoms with Crippen LogP contribution in [0.15, 0.2) is 65.6 Å². The van der Waals surface area contributed by atoms with Crippen molar-refractivity contribution in [1.29, 1.82) is 0 Å². The van der Waals surface area contributed by atoms with E-state index in [1.54, 1.807) is 37.4 Å². The van der Waals surface area contributed by atoms with Crippen molar-refractivity contribution in [2.45, 2.75) is 43.7 Å². The summed E-state index contributed by atoms with van der Waals surface area (Å²) in [5.41, 5.74) is 0.296. The molecule has 1 amide bonds. The van der Waals surface area contributed by atoms with Crippen molar-refractivity contribution in [1.82, 2.24) is 5.32 Å². The number of fused-ring (bicyclic) bond motifs is 1. The number of nitrogens with zero attached hydrogens (tertiary/aromatic N) is 2. The lowest BCUT2D eigenvalue weighted by molar-refractivity contribution is -0.385. The summed E-state index contributed by atoms with van der Waals surface area (Å²) in [6, 6.07) is 14.7. The molecular formula is C28H31N3O8S. The Balaban J connectivity index is 1.69. The lowest BCUT2D eigenvalue weighted by Gasteiger charge is -2.38. The topological polar surface area (TPSA) is 137 Å². The average molecular weight is 570 g/mol. The number of anilines is 1. The molecule has 11 nitrogen and oxygen atoms in total. The van der Waals surface area contributed by atoms with E-state index in [9.17, 15) is 23.3 Å². The maximum absolute atomic E-state index is 13.8. The van der Waals surface area contributed by atoms with E-state index >= 15 is 0 Å². The number of carbonyl (C=O) groups excluding carboxylic acids is 1. The van der Waals surface area contributed by atoms with Crippen molar-refractivity contribution in [2.75, 3.05) is 25.1 Å². The second-order valence-corrected chi connectivity index (χ2v) is 11.9. The number of nitro benzene ring substituents is 1. The highest BCUT2D eigenvalue weighted by molar-refractivity contribution is 7.92. The monoisotopic (exact) mass is 569 g/mol. The van der Waals surface area contributed by atoms with Crippen molar-refractivity contribution < 1.29 is 32.3 Å². The molecule has 1 unspecified atom stereocenters. The molecule has 0 radical (unpaired) electrons. The van der Waals surface area contributed by atoms with Crippen LogP contribution >= 0.6 is 0 Å². The number of nitro groups is 1. The minimum absolute atomic E-state index is 0.191. The lowest BCUT2D eigenvalue weighted by Crippen LogP contribution is -2.45. The van der Waals surface area contributed by atoms with E-state index in [1.165, 1.54) is 38.3 Å². The Hall–Kier alpha value is -4.32. The van der Waals surface area contributed by atoms with Gasteiger partial charge in [-0.25, -0.2) is 8.42 Å². The summed E-state index contributed by atoms with van der Waals surface area (Å²) < 4.78 is 45.2. The zero-order chi connectivity index (χ0) is 29.2. The highest BCUT2D eigenvalue weighted by atomic mass is 32.2. The lowest BCUT2D eigenvalue weighted by atomic mass is 9.89. The minimum atomic E-state index is -4.39. The van der Waals surface area contributed by atoms with Crippen LogP contribution < -0.4 is 23.8 Å². The zero-order valence-electron chi connectivity index (χ0n) is 22.8. The number of rotatable bonds is 9. The fourth-order valence-electron chi connectivity index (χ4n) is 4.60. The molecule has 3 aromatic carbocycles. The van der Waals surface area contributed by atoms with Gasteiger partial charge in [0.25, 0.3) is 15.7 Å². The second kappa shape index (κ2) is 11.0. The van der Waals surface area contributed by atoms with Crippen molar-refractivity contribution in [2.24, 2.45) is 0 Å². The van der Waals surface area contributed by atoms with Crippen LogP contribution in [-0.4, -0.2) is 45.6 Å². The van der Waals surface area contributed by atoms with E-state index < -0.39 is 39.0 Å². The summed E-state index contributed by atoms with van der Waals surface area (Å²) in [5, 5.41) is 14.5. The molecule has 0 aliphatic carbocycles. The molecule has 1 N–H and O–H groups in total. The van der Waals surface area contributed by atoms with Gasteiger partial charge in [0.05, 0.1) is 35.8 Å². The van der Waals surface area contributed by atoms with Gasteiger partial charge in [0.1, 0.15) is 29.4 Å². The van der Waals surface area contributed by atoms with Gasteiger partial charge in [0, 0.05) is 29.7 Å². The average Bonchev–Trinajstić information content (AvgIpc) is 2.90.